The van der Waals surface area contributed by atoms with Crippen molar-refractivity contribution >= 4 is 29.9 Å². The molecule has 3 rings (SSSR count). The molecule has 0 spiro atoms. The first-order chi connectivity index (χ1) is 11.9. The SMILES string of the molecule is CCNC(=NCc1nnc2n1CCCC2)NCCC1=CCCCC1.I. The average molecular weight is 458 g/mol. The number of rotatable bonds is 6. The summed E-state index contributed by atoms with van der Waals surface area (Å²) in [5.74, 6) is 2.98. The molecule has 0 fully saturated rings. The topological polar surface area (TPSA) is 67.1 Å². The maximum Gasteiger partial charge on any atom is 0.191 e. The fourth-order valence-electron chi connectivity index (χ4n) is 3.45. The van der Waals surface area contributed by atoms with Crippen LogP contribution in [0, 0.1) is 0 Å². The lowest BCUT2D eigenvalue weighted by molar-refractivity contribution is 0.508. The summed E-state index contributed by atoms with van der Waals surface area (Å²) in [6, 6.07) is 0. The summed E-state index contributed by atoms with van der Waals surface area (Å²) in [5, 5.41) is 15.4. The highest BCUT2D eigenvalue weighted by Gasteiger charge is 2.15. The van der Waals surface area contributed by atoms with E-state index in [1.165, 1.54) is 38.5 Å². The molecule has 0 radical (unpaired) electrons. The molecular weight excluding hydrogens is 427 g/mol. The summed E-state index contributed by atoms with van der Waals surface area (Å²) < 4.78 is 2.24. The van der Waals surface area contributed by atoms with E-state index in [-0.39, 0.29) is 24.0 Å². The molecule has 2 heterocycles. The van der Waals surface area contributed by atoms with Gasteiger partial charge in [-0.2, -0.15) is 0 Å². The second-order valence-electron chi connectivity index (χ2n) is 6.62. The van der Waals surface area contributed by atoms with Crippen LogP contribution in [0.5, 0.6) is 0 Å². The van der Waals surface area contributed by atoms with Crippen molar-refractivity contribution in [3.63, 3.8) is 0 Å². The molecule has 0 saturated carbocycles. The lowest BCUT2D eigenvalue weighted by Crippen LogP contribution is -2.38. The van der Waals surface area contributed by atoms with Crippen LogP contribution in [0.1, 0.15) is 63.5 Å². The smallest absolute Gasteiger partial charge is 0.191 e. The molecule has 25 heavy (non-hydrogen) atoms. The molecule has 0 aromatic carbocycles. The number of aryl methyl sites for hydroxylation is 1. The number of aliphatic imine (C=N–C) groups is 1. The summed E-state index contributed by atoms with van der Waals surface area (Å²) >= 11 is 0. The van der Waals surface area contributed by atoms with E-state index in [9.17, 15) is 0 Å². The fraction of sp³-hybridized carbons (Fsp3) is 0.722. The third-order valence-corrected chi connectivity index (χ3v) is 4.78. The van der Waals surface area contributed by atoms with Crippen molar-refractivity contribution in [2.75, 3.05) is 13.1 Å². The maximum absolute atomic E-state index is 4.70. The number of hydrogen-bond donors (Lipinski definition) is 2. The molecule has 0 saturated heterocycles. The van der Waals surface area contributed by atoms with Crippen molar-refractivity contribution in [2.24, 2.45) is 4.99 Å². The molecule has 0 bridgehead atoms. The Hall–Kier alpha value is -1.12. The minimum absolute atomic E-state index is 0. The highest BCUT2D eigenvalue weighted by molar-refractivity contribution is 14.0. The van der Waals surface area contributed by atoms with Crippen molar-refractivity contribution in [1.29, 1.82) is 0 Å². The number of hydrogen-bond acceptors (Lipinski definition) is 3. The van der Waals surface area contributed by atoms with Gasteiger partial charge in [-0.05, 0) is 51.9 Å². The van der Waals surface area contributed by atoms with Gasteiger partial charge in [0, 0.05) is 26.1 Å². The number of aromatic nitrogens is 3. The van der Waals surface area contributed by atoms with E-state index >= 15 is 0 Å². The van der Waals surface area contributed by atoms with Crippen LogP contribution in [0.3, 0.4) is 0 Å². The highest BCUT2D eigenvalue weighted by atomic mass is 127. The zero-order valence-electron chi connectivity index (χ0n) is 15.3. The van der Waals surface area contributed by atoms with Crippen molar-refractivity contribution in [3.05, 3.63) is 23.3 Å². The molecule has 1 aliphatic heterocycles. The first-order valence-electron chi connectivity index (χ1n) is 9.48. The molecule has 0 atom stereocenters. The van der Waals surface area contributed by atoms with Crippen molar-refractivity contribution < 1.29 is 0 Å². The number of nitrogens with zero attached hydrogens (tertiary/aromatic N) is 4. The fourth-order valence-corrected chi connectivity index (χ4v) is 3.45. The predicted octanol–water partition coefficient (Wildman–Crippen LogP) is 3.18. The molecule has 1 aromatic heterocycles. The number of guanidine groups is 1. The Labute approximate surface area is 168 Å². The minimum atomic E-state index is 0. The van der Waals surface area contributed by atoms with Crippen LogP contribution in [0.15, 0.2) is 16.6 Å². The monoisotopic (exact) mass is 458 g/mol. The van der Waals surface area contributed by atoms with Crippen molar-refractivity contribution in [1.82, 2.24) is 25.4 Å². The van der Waals surface area contributed by atoms with E-state index in [4.69, 9.17) is 4.99 Å². The Kier molecular flexibility index (Phi) is 8.71. The molecule has 1 aliphatic carbocycles. The van der Waals surface area contributed by atoms with Gasteiger partial charge >= 0.3 is 0 Å². The molecule has 2 aliphatic rings. The van der Waals surface area contributed by atoms with E-state index in [1.807, 2.05) is 0 Å². The van der Waals surface area contributed by atoms with E-state index in [0.29, 0.717) is 6.54 Å². The van der Waals surface area contributed by atoms with E-state index in [0.717, 1.165) is 50.1 Å². The number of allylic oxidation sites excluding steroid dienone is 1. The summed E-state index contributed by atoms with van der Waals surface area (Å²) in [6.45, 7) is 5.53. The van der Waals surface area contributed by atoms with Gasteiger partial charge in [0.2, 0.25) is 0 Å². The Morgan fingerprint density at radius 3 is 2.84 bits per heavy atom. The zero-order chi connectivity index (χ0) is 16.6. The Bertz CT molecular complexity index is 592. The summed E-state index contributed by atoms with van der Waals surface area (Å²) in [4.78, 5) is 4.70. The van der Waals surface area contributed by atoms with Crippen LogP contribution in [0.25, 0.3) is 0 Å². The maximum atomic E-state index is 4.70. The van der Waals surface area contributed by atoms with Gasteiger partial charge < -0.3 is 15.2 Å². The quantitative estimate of drug-likeness (QED) is 0.298. The third kappa shape index (κ3) is 5.97. The first-order valence-corrected chi connectivity index (χ1v) is 9.48. The predicted molar refractivity (Wildman–Crippen MR) is 112 cm³/mol. The van der Waals surface area contributed by atoms with E-state index in [1.54, 1.807) is 5.57 Å². The zero-order valence-corrected chi connectivity index (χ0v) is 17.6. The lowest BCUT2D eigenvalue weighted by atomic mass is 9.97. The van der Waals surface area contributed by atoms with Gasteiger partial charge in [-0.3, -0.25) is 0 Å². The summed E-state index contributed by atoms with van der Waals surface area (Å²) in [7, 11) is 0. The molecule has 0 amide bonds. The van der Waals surface area contributed by atoms with Crippen LogP contribution in [-0.2, 0) is 19.5 Å². The number of fused-ring (bicyclic) bond motifs is 1. The molecule has 6 nitrogen and oxygen atoms in total. The van der Waals surface area contributed by atoms with Crippen LogP contribution in [0.2, 0.25) is 0 Å². The normalized spacial score (nSPS) is 17.3. The lowest BCUT2D eigenvalue weighted by Gasteiger charge is -2.16. The van der Waals surface area contributed by atoms with E-state index in [2.05, 4.69) is 38.4 Å². The molecule has 1 aromatic rings. The standard InChI is InChI=1S/C18H30N6.HI/c1-2-19-18(20-12-11-15-8-4-3-5-9-15)21-14-17-23-22-16-10-6-7-13-24(16)17;/h8H,2-7,9-14H2,1H3,(H2,19,20,21);1H. The van der Waals surface area contributed by atoms with Crippen LogP contribution in [0.4, 0.5) is 0 Å². The van der Waals surface area contributed by atoms with Gasteiger partial charge in [-0.15, -0.1) is 34.2 Å². The number of halogens is 1. The van der Waals surface area contributed by atoms with Crippen LogP contribution in [-0.4, -0.2) is 33.8 Å². The van der Waals surface area contributed by atoms with Gasteiger partial charge in [0.15, 0.2) is 11.8 Å². The number of nitrogens with one attached hydrogen (secondary N) is 2. The second kappa shape index (κ2) is 10.8. The Balaban J connectivity index is 0.00000225. The average Bonchev–Trinajstić information content (AvgIpc) is 3.04. The van der Waals surface area contributed by atoms with Crippen LogP contribution >= 0.6 is 24.0 Å². The molecule has 2 N–H and O–H groups in total. The third-order valence-electron chi connectivity index (χ3n) is 4.78. The Morgan fingerprint density at radius 2 is 2.04 bits per heavy atom. The van der Waals surface area contributed by atoms with Crippen LogP contribution < -0.4 is 10.6 Å². The molecule has 140 valence electrons. The van der Waals surface area contributed by atoms with Gasteiger partial charge in [0.05, 0.1) is 0 Å². The van der Waals surface area contributed by atoms with Gasteiger partial charge in [-0.25, -0.2) is 4.99 Å². The van der Waals surface area contributed by atoms with Gasteiger partial charge in [-0.1, -0.05) is 11.6 Å². The highest BCUT2D eigenvalue weighted by Crippen LogP contribution is 2.19. The summed E-state index contributed by atoms with van der Waals surface area (Å²) in [5.41, 5.74) is 1.59. The first kappa shape index (κ1) is 20.2. The van der Waals surface area contributed by atoms with E-state index < -0.39 is 0 Å². The Morgan fingerprint density at radius 1 is 1.16 bits per heavy atom. The minimum Gasteiger partial charge on any atom is -0.357 e. The van der Waals surface area contributed by atoms with Crippen molar-refractivity contribution in [3.8, 4) is 0 Å². The van der Waals surface area contributed by atoms with Crippen molar-refractivity contribution in [2.45, 2.75) is 71.4 Å². The summed E-state index contributed by atoms with van der Waals surface area (Å²) in [6.07, 6.45) is 12.2. The second-order valence-corrected chi connectivity index (χ2v) is 6.62. The van der Waals surface area contributed by atoms with Gasteiger partial charge in [0.1, 0.15) is 12.4 Å². The molecule has 0 unspecified atom stereocenters. The molecule has 7 heteroatoms. The molecular formula is C18H31IN6. The largest absolute Gasteiger partial charge is 0.357 e. The van der Waals surface area contributed by atoms with Gasteiger partial charge in [0.25, 0.3) is 0 Å².